The van der Waals surface area contributed by atoms with Gasteiger partial charge in [0.15, 0.2) is 3.95 Å². The van der Waals surface area contributed by atoms with E-state index in [1.165, 1.54) is 30.5 Å². The van der Waals surface area contributed by atoms with Crippen molar-refractivity contribution in [3.63, 3.8) is 0 Å². The second-order valence-electron chi connectivity index (χ2n) is 6.77. The minimum atomic E-state index is -0.211. The minimum Gasteiger partial charge on any atom is -0.309 e. The van der Waals surface area contributed by atoms with Gasteiger partial charge in [0, 0.05) is 18.5 Å². The molecule has 1 aliphatic heterocycles. The molecule has 0 bridgehead atoms. The molecule has 0 unspecified atom stereocenters. The van der Waals surface area contributed by atoms with Gasteiger partial charge in [0.25, 0.3) is 0 Å². The van der Waals surface area contributed by atoms with Crippen LogP contribution in [0.2, 0.25) is 0 Å². The van der Waals surface area contributed by atoms with Crippen LogP contribution in [-0.4, -0.2) is 22.6 Å². The van der Waals surface area contributed by atoms with Crippen LogP contribution in [-0.2, 0) is 6.67 Å². The zero-order valence-corrected chi connectivity index (χ0v) is 16.1. The predicted octanol–water partition coefficient (Wildman–Crippen LogP) is 5.92. The normalized spacial score (nSPS) is 16.0. The number of nitrogens with zero attached hydrogens (tertiary/aromatic N) is 2. The smallest absolute Gasteiger partial charge is 0.162 e. The maximum atomic E-state index is 13.2. The van der Waals surface area contributed by atoms with Crippen molar-refractivity contribution >= 4 is 23.6 Å². The molecule has 0 atom stereocenters. The van der Waals surface area contributed by atoms with Gasteiger partial charge >= 0.3 is 0 Å². The van der Waals surface area contributed by atoms with Gasteiger partial charge in [-0.3, -0.25) is 4.90 Å². The molecule has 1 saturated heterocycles. The second kappa shape index (κ2) is 7.82. The second-order valence-corrected chi connectivity index (χ2v) is 8.27. The number of halogens is 1. The molecular formula is C21H21FN2S2. The largest absolute Gasteiger partial charge is 0.309 e. The fourth-order valence-corrected chi connectivity index (χ4v) is 4.70. The van der Waals surface area contributed by atoms with Crippen LogP contribution >= 0.6 is 23.6 Å². The summed E-state index contributed by atoms with van der Waals surface area (Å²) in [7, 11) is 0. The van der Waals surface area contributed by atoms with E-state index >= 15 is 0 Å². The van der Waals surface area contributed by atoms with Gasteiger partial charge in [-0.05, 0) is 66.4 Å². The van der Waals surface area contributed by atoms with Crippen molar-refractivity contribution in [2.24, 2.45) is 0 Å². The molecule has 26 heavy (non-hydrogen) atoms. The first-order valence-corrected chi connectivity index (χ1v) is 10.2. The highest BCUT2D eigenvalue weighted by atomic mass is 32.1. The molecule has 0 saturated carbocycles. The zero-order chi connectivity index (χ0) is 17.9. The molecule has 0 aliphatic carbocycles. The Morgan fingerprint density at radius 3 is 2.38 bits per heavy atom. The molecule has 2 aromatic carbocycles. The molecule has 2 nitrogen and oxygen atoms in total. The molecule has 0 amide bonds. The quantitative estimate of drug-likeness (QED) is 0.516. The van der Waals surface area contributed by atoms with Crippen molar-refractivity contribution in [1.82, 2.24) is 9.47 Å². The molecule has 1 aromatic heterocycles. The average molecular weight is 385 g/mol. The summed E-state index contributed by atoms with van der Waals surface area (Å²) in [5.41, 5.74) is 3.54. The molecule has 1 fully saturated rings. The van der Waals surface area contributed by atoms with Gasteiger partial charge in [-0.15, -0.1) is 11.3 Å². The van der Waals surface area contributed by atoms with Gasteiger partial charge in [-0.2, -0.15) is 0 Å². The van der Waals surface area contributed by atoms with E-state index in [1.54, 1.807) is 11.3 Å². The molecular weight excluding hydrogens is 363 g/mol. The van der Waals surface area contributed by atoms with Gasteiger partial charge < -0.3 is 4.57 Å². The Balaban J connectivity index is 1.46. The summed E-state index contributed by atoms with van der Waals surface area (Å²) < 4.78 is 16.3. The lowest BCUT2D eigenvalue weighted by Gasteiger charge is -2.32. The average Bonchev–Trinajstić information content (AvgIpc) is 3.04. The summed E-state index contributed by atoms with van der Waals surface area (Å²) in [6.45, 7) is 2.94. The van der Waals surface area contributed by atoms with E-state index in [0.29, 0.717) is 5.92 Å². The molecule has 5 heteroatoms. The van der Waals surface area contributed by atoms with Crippen molar-refractivity contribution in [2.75, 3.05) is 13.1 Å². The van der Waals surface area contributed by atoms with Crippen molar-refractivity contribution in [2.45, 2.75) is 25.4 Å². The Morgan fingerprint density at radius 2 is 1.69 bits per heavy atom. The van der Waals surface area contributed by atoms with Crippen molar-refractivity contribution in [3.8, 4) is 11.3 Å². The van der Waals surface area contributed by atoms with Crippen molar-refractivity contribution < 1.29 is 4.39 Å². The Kier molecular flexibility index (Phi) is 5.29. The number of aromatic nitrogens is 1. The topological polar surface area (TPSA) is 8.17 Å². The van der Waals surface area contributed by atoms with E-state index in [1.807, 2.05) is 12.1 Å². The third-order valence-electron chi connectivity index (χ3n) is 5.12. The Bertz CT molecular complexity index is 907. The number of thiazole rings is 1. The number of piperidine rings is 1. The van der Waals surface area contributed by atoms with Crippen LogP contribution < -0.4 is 0 Å². The van der Waals surface area contributed by atoms with E-state index in [0.717, 1.165) is 35.0 Å². The molecule has 0 radical (unpaired) electrons. The highest BCUT2D eigenvalue weighted by Crippen LogP contribution is 2.29. The van der Waals surface area contributed by atoms with E-state index in [-0.39, 0.29) is 5.82 Å². The number of hydrogen-bond acceptors (Lipinski definition) is 3. The van der Waals surface area contributed by atoms with Gasteiger partial charge in [0.2, 0.25) is 0 Å². The molecule has 3 aromatic rings. The van der Waals surface area contributed by atoms with Crippen LogP contribution in [0.4, 0.5) is 4.39 Å². The Morgan fingerprint density at radius 1 is 1.00 bits per heavy atom. The summed E-state index contributed by atoms with van der Waals surface area (Å²) >= 11 is 7.12. The number of rotatable bonds is 4. The standard InChI is InChI=1S/C21H21FN2S2/c22-19-8-6-18(7-9-19)20-14-26-21(25)24(20)15-23-12-10-17(11-13-23)16-4-2-1-3-5-16/h1-9,14,17H,10-13,15H2. The predicted molar refractivity (Wildman–Crippen MR) is 109 cm³/mol. The molecule has 1 aliphatic rings. The molecule has 0 N–H and O–H groups in total. The summed E-state index contributed by atoms with van der Waals surface area (Å²) in [6, 6.07) is 17.5. The highest BCUT2D eigenvalue weighted by Gasteiger charge is 2.21. The van der Waals surface area contributed by atoms with Gasteiger partial charge in [-0.1, -0.05) is 30.3 Å². The van der Waals surface area contributed by atoms with Gasteiger partial charge in [-0.25, -0.2) is 4.39 Å². The summed E-state index contributed by atoms with van der Waals surface area (Å²) in [5, 5.41) is 2.08. The van der Waals surface area contributed by atoms with Crippen LogP contribution in [0.5, 0.6) is 0 Å². The van der Waals surface area contributed by atoms with Crippen LogP contribution in [0.3, 0.4) is 0 Å². The summed E-state index contributed by atoms with van der Waals surface area (Å²) in [4.78, 5) is 2.47. The van der Waals surface area contributed by atoms with E-state index in [9.17, 15) is 4.39 Å². The third-order valence-corrected chi connectivity index (χ3v) is 6.39. The SMILES string of the molecule is Fc1ccc(-c2csc(=S)n2CN2CCC(c3ccccc3)CC2)cc1. The van der Waals surface area contributed by atoms with Crippen LogP contribution in [0, 0.1) is 9.77 Å². The van der Waals surface area contributed by atoms with E-state index < -0.39 is 0 Å². The molecule has 134 valence electrons. The maximum Gasteiger partial charge on any atom is 0.162 e. The fourth-order valence-electron chi connectivity index (χ4n) is 3.64. The zero-order valence-electron chi connectivity index (χ0n) is 14.5. The van der Waals surface area contributed by atoms with Gasteiger partial charge in [0.05, 0.1) is 12.4 Å². The highest BCUT2D eigenvalue weighted by molar-refractivity contribution is 7.73. The Labute approximate surface area is 162 Å². The lowest BCUT2D eigenvalue weighted by Crippen LogP contribution is -2.34. The fraction of sp³-hybridized carbons (Fsp3) is 0.286. The van der Waals surface area contributed by atoms with Crippen molar-refractivity contribution in [1.29, 1.82) is 0 Å². The monoisotopic (exact) mass is 384 g/mol. The van der Waals surface area contributed by atoms with Crippen LogP contribution in [0.1, 0.15) is 24.3 Å². The van der Waals surface area contributed by atoms with Gasteiger partial charge in [0.1, 0.15) is 5.82 Å². The van der Waals surface area contributed by atoms with E-state index in [2.05, 4.69) is 45.2 Å². The van der Waals surface area contributed by atoms with Crippen LogP contribution in [0.25, 0.3) is 11.3 Å². The van der Waals surface area contributed by atoms with Crippen LogP contribution in [0.15, 0.2) is 60.0 Å². The summed E-state index contributed by atoms with van der Waals surface area (Å²) in [5.74, 6) is 0.441. The lowest BCUT2D eigenvalue weighted by atomic mass is 9.90. The number of likely N-dealkylation sites (tertiary alicyclic amines) is 1. The van der Waals surface area contributed by atoms with E-state index in [4.69, 9.17) is 12.2 Å². The molecule has 0 spiro atoms. The number of benzene rings is 2. The summed E-state index contributed by atoms with van der Waals surface area (Å²) in [6.07, 6.45) is 2.35. The molecule has 4 rings (SSSR count). The first-order chi connectivity index (χ1) is 12.7. The van der Waals surface area contributed by atoms with Crippen molar-refractivity contribution in [3.05, 3.63) is 75.3 Å². The number of hydrogen-bond donors (Lipinski definition) is 0. The third kappa shape index (κ3) is 3.80. The minimum absolute atomic E-state index is 0.211. The molecule has 2 heterocycles. The first-order valence-electron chi connectivity index (χ1n) is 8.92. The lowest BCUT2D eigenvalue weighted by molar-refractivity contribution is 0.170. The first kappa shape index (κ1) is 17.6. The maximum absolute atomic E-state index is 13.2. The Hall–Kier alpha value is -1.82.